The summed E-state index contributed by atoms with van der Waals surface area (Å²) in [4.78, 5) is 0. The molecule has 2 heteroatoms. The first-order valence-corrected chi connectivity index (χ1v) is 4.62. The highest BCUT2D eigenvalue weighted by atomic mass is 16.3. The molecular weight excluding hydrogens is 138 g/mol. The third kappa shape index (κ3) is 3.21. The molecule has 3 atom stereocenters. The molecule has 0 aliphatic heterocycles. The van der Waals surface area contributed by atoms with Gasteiger partial charge in [-0.3, -0.25) is 0 Å². The van der Waals surface area contributed by atoms with Gasteiger partial charge in [0.15, 0.2) is 0 Å². The molecular formula is C9H19NO. The molecule has 2 nitrogen and oxygen atoms in total. The van der Waals surface area contributed by atoms with Crippen LogP contribution in [0.25, 0.3) is 0 Å². The van der Waals surface area contributed by atoms with Crippen LogP contribution < -0.4 is 5.32 Å². The average Bonchev–Trinajstić information content (AvgIpc) is 2.66. The molecule has 1 rings (SSSR count). The van der Waals surface area contributed by atoms with Crippen LogP contribution in [-0.2, 0) is 0 Å². The zero-order valence-corrected chi connectivity index (χ0v) is 7.51. The van der Waals surface area contributed by atoms with E-state index >= 15 is 0 Å². The summed E-state index contributed by atoms with van der Waals surface area (Å²) in [5, 5.41) is 12.5. The van der Waals surface area contributed by atoms with Gasteiger partial charge in [0.1, 0.15) is 0 Å². The van der Waals surface area contributed by atoms with Crippen LogP contribution in [0.1, 0.15) is 26.7 Å². The minimum atomic E-state index is -0.149. The fourth-order valence-electron chi connectivity index (χ4n) is 1.26. The van der Waals surface area contributed by atoms with Crippen molar-refractivity contribution in [3.8, 4) is 0 Å². The molecule has 0 aromatic rings. The monoisotopic (exact) mass is 157 g/mol. The minimum Gasteiger partial charge on any atom is -0.392 e. The topological polar surface area (TPSA) is 32.3 Å². The van der Waals surface area contributed by atoms with Crippen molar-refractivity contribution >= 4 is 0 Å². The van der Waals surface area contributed by atoms with E-state index in [9.17, 15) is 5.11 Å². The molecule has 1 aliphatic carbocycles. The SMILES string of the molecule is CCC(O)CNCC1CC1C. The smallest absolute Gasteiger partial charge is 0.0662 e. The normalized spacial score (nSPS) is 31.9. The molecule has 1 fully saturated rings. The van der Waals surface area contributed by atoms with Crippen LogP contribution in [0.15, 0.2) is 0 Å². The summed E-state index contributed by atoms with van der Waals surface area (Å²) in [5.41, 5.74) is 0. The maximum atomic E-state index is 9.19. The van der Waals surface area contributed by atoms with Crippen LogP contribution in [0.2, 0.25) is 0 Å². The van der Waals surface area contributed by atoms with Crippen molar-refractivity contribution in [3.63, 3.8) is 0 Å². The third-order valence-corrected chi connectivity index (χ3v) is 2.53. The zero-order valence-electron chi connectivity index (χ0n) is 7.51. The first-order valence-electron chi connectivity index (χ1n) is 4.62. The number of aliphatic hydroxyl groups is 1. The second-order valence-corrected chi connectivity index (χ2v) is 3.69. The molecule has 0 heterocycles. The van der Waals surface area contributed by atoms with E-state index in [0.717, 1.165) is 31.3 Å². The van der Waals surface area contributed by atoms with Gasteiger partial charge in [0, 0.05) is 6.54 Å². The van der Waals surface area contributed by atoms with E-state index in [2.05, 4.69) is 12.2 Å². The van der Waals surface area contributed by atoms with Crippen LogP contribution in [0.5, 0.6) is 0 Å². The zero-order chi connectivity index (χ0) is 8.27. The van der Waals surface area contributed by atoms with Gasteiger partial charge in [-0.2, -0.15) is 0 Å². The van der Waals surface area contributed by atoms with E-state index in [1.807, 2.05) is 6.92 Å². The second kappa shape index (κ2) is 4.07. The maximum Gasteiger partial charge on any atom is 0.0662 e. The predicted octanol–water partition coefficient (Wildman–Crippen LogP) is 1.00. The second-order valence-electron chi connectivity index (χ2n) is 3.69. The molecule has 0 bridgehead atoms. The van der Waals surface area contributed by atoms with Crippen LogP contribution in [0, 0.1) is 11.8 Å². The molecule has 11 heavy (non-hydrogen) atoms. The highest BCUT2D eigenvalue weighted by Crippen LogP contribution is 2.36. The third-order valence-electron chi connectivity index (χ3n) is 2.53. The number of aliphatic hydroxyl groups excluding tert-OH is 1. The summed E-state index contributed by atoms with van der Waals surface area (Å²) < 4.78 is 0. The van der Waals surface area contributed by atoms with Crippen LogP contribution in [0.4, 0.5) is 0 Å². The molecule has 3 unspecified atom stereocenters. The lowest BCUT2D eigenvalue weighted by molar-refractivity contribution is 0.167. The van der Waals surface area contributed by atoms with Crippen molar-refractivity contribution in [2.75, 3.05) is 13.1 Å². The van der Waals surface area contributed by atoms with Gasteiger partial charge in [0.2, 0.25) is 0 Å². The molecule has 1 aliphatic rings. The minimum absolute atomic E-state index is 0.149. The van der Waals surface area contributed by atoms with Gasteiger partial charge >= 0.3 is 0 Å². The van der Waals surface area contributed by atoms with E-state index in [4.69, 9.17) is 0 Å². The van der Waals surface area contributed by atoms with Crippen LogP contribution in [0.3, 0.4) is 0 Å². The summed E-state index contributed by atoms with van der Waals surface area (Å²) >= 11 is 0. The Morgan fingerprint density at radius 1 is 1.64 bits per heavy atom. The first kappa shape index (κ1) is 9.01. The number of hydrogen-bond donors (Lipinski definition) is 2. The molecule has 66 valence electrons. The van der Waals surface area contributed by atoms with E-state index in [0.29, 0.717) is 0 Å². The Hall–Kier alpha value is -0.0800. The molecule has 2 N–H and O–H groups in total. The Labute approximate surface area is 69.0 Å². The van der Waals surface area contributed by atoms with Gasteiger partial charge in [0.25, 0.3) is 0 Å². The van der Waals surface area contributed by atoms with Gasteiger partial charge in [-0.05, 0) is 31.2 Å². The summed E-state index contributed by atoms with van der Waals surface area (Å²) in [6.07, 6.45) is 2.08. The Morgan fingerprint density at radius 3 is 2.73 bits per heavy atom. The molecule has 1 saturated carbocycles. The average molecular weight is 157 g/mol. The van der Waals surface area contributed by atoms with Gasteiger partial charge in [0.05, 0.1) is 6.10 Å². The van der Waals surface area contributed by atoms with Gasteiger partial charge in [-0.15, -0.1) is 0 Å². The van der Waals surface area contributed by atoms with E-state index in [-0.39, 0.29) is 6.10 Å². The highest BCUT2D eigenvalue weighted by Gasteiger charge is 2.31. The van der Waals surface area contributed by atoms with Crippen LogP contribution in [-0.4, -0.2) is 24.3 Å². The lowest BCUT2D eigenvalue weighted by atomic mass is 10.2. The largest absolute Gasteiger partial charge is 0.392 e. The predicted molar refractivity (Wildman–Crippen MR) is 46.4 cm³/mol. The van der Waals surface area contributed by atoms with E-state index < -0.39 is 0 Å². The quantitative estimate of drug-likeness (QED) is 0.624. The van der Waals surface area contributed by atoms with Crippen molar-refractivity contribution in [3.05, 3.63) is 0 Å². The maximum absolute atomic E-state index is 9.19. The van der Waals surface area contributed by atoms with Crippen molar-refractivity contribution in [1.29, 1.82) is 0 Å². The lowest BCUT2D eigenvalue weighted by Gasteiger charge is -2.08. The van der Waals surface area contributed by atoms with E-state index in [1.165, 1.54) is 6.42 Å². The molecule has 0 aromatic heterocycles. The Kier molecular flexibility index (Phi) is 3.34. The number of rotatable bonds is 5. The van der Waals surface area contributed by atoms with Crippen LogP contribution >= 0.6 is 0 Å². The molecule has 0 radical (unpaired) electrons. The Morgan fingerprint density at radius 2 is 2.27 bits per heavy atom. The van der Waals surface area contributed by atoms with Gasteiger partial charge in [-0.25, -0.2) is 0 Å². The Balaban J connectivity index is 1.88. The van der Waals surface area contributed by atoms with Gasteiger partial charge < -0.3 is 10.4 Å². The number of hydrogen-bond acceptors (Lipinski definition) is 2. The fourth-order valence-corrected chi connectivity index (χ4v) is 1.26. The standard InChI is InChI=1S/C9H19NO/c1-3-9(11)6-10-5-8-4-7(8)2/h7-11H,3-6H2,1-2H3. The van der Waals surface area contributed by atoms with Gasteiger partial charge in [-0.1, -0.05) is 13.8 Å². The number of nitrogens with one attached hydrogen (secondary N) is 1. The molecule has 0 aromatic carbocycles. The van der Waals surface area contributed by atoms with Crippen molar-refractivity contribution in [2.45, 2.75) is 32.8 Å². The lowest BCUT2D eigenvalue weighted by Crippen LogP contribution is -2.27. The van der Waals surface area contributed by atoms with E-state index in [1.54, 1.807) is 0 Å². The van der Waals surface area contributed by atoms with Crippen molar-refractivity contribution in [1.82, 2.24) is 5.32 Å². The summed E-state index contributed by atoms with van der Waals surface area (Å²) in [6.45, 7) is 6.15. The summed E-state index contributed by atoms with van der Waals surface area (Å²) in [7, 11) is 0. The highest BCUT2D eigenvalue weighted by molar-refractivity contribution is 4.84. The molecule has 0 amide bonds. The molecule has 0 saturated heterocycles. The molecule has 0 spiro atoms. The fraction of sp³-hybridized carbons (Fsp3) is 1.00. The first-order chi connectivity index (χ1) is 5.24. The summed E-state index contributed by atoms with van der Waals surface area (Å²) in [5.74, 6) is 1.81. The Bertz CT molecular complexity index is 112. The van der Waals surface area contributed by atoms with Crippen molar-refractivity contribution in [2.24, 2.45) is 11.8 Å². The summed E-state index contributed by atoms with van der Waals surface area (Å²) in [6, 6.07) is 0. The van der Waals surface area contributed by atoms with Crippen molar-refractivity contribution < 1.29 is 5.11 Å².